The van der Waals surface area contributed by atoms with Gasteiger partial charge < -0.3 is 15.0 Å². The topological polar surface area (TPSA) is 38.7 Å². The molecule has 8 aromatic carbocycles. The van der Waals surface area contributed by atoms with Crippen molar-refractivity contribution in [1.29, 1.82) is 0 Å². The van der Waals surface area contributed by atoms with E-state index < -0.39 is 0 Å². The molecule has 0 aliphatic carbocycles. The largest absolute Gasteiger partial charge is 3.00 e. The zero-order valence-electron chi connectivity index (χ0n) is 39.5. The monoisotopic (exact) mass is 1090 g/mol. The van der Waals surface area contributed by atoms with Gasteiger partial charge in [-0.05, 0) is 128 Å². The van der Waals surface area contributed by atoms with E-state index in [1.54, 1.807) is 0 Å². The van der Waals surface area contributed by atoms with Crippen molar-refractivity contribution < 1.29 is 20.1 Å². The molecule has 3 heterocycles. The van der Waals surface area contributed by atoms with E-state index in [-0.39, 0.29) is 20.1 Å². The van der Waals surface area contributed by atoms with E-state index in [1.807, 2.05) is 67.0 Å². The SMILES string of the molecule is Cc1cc(-c2[c-]cccc2)ncc1-c1ccccc1-c1cc(CCc2cnc(-c3[c-]cccc3)cc2-c2ccc(-c3ccccc3)cc2)cc(-c2ccccc2-c2cnc(-c3[c-]cccc3)cc2C)c1.[Ir+3]. The van der Waals surface area contributed by atoms with E-state index in [4.69, 9.17) is 15.0 Å². The fourth-order valence-electron chi connectivity index (χ4n) is 9.57. The fourth-order valence-corrected chi connectivity index (χ4v) is 9.57. The van der Waals surface area contributed by atoms with Crippen LogP contribution in [-0.4, -0.2) is 15.0 Å². The molecule has 0 radical (unpaired) electrons. The van der Waals surface area contributed by atoms with Crippen molar-refractivity contribution in [2.45, 2.75) is 26.7 Å². The smallest absolute Gasteiger partial charge is 0.304 e. The predicted octanol–water partition coefficient (Wildman–Crippen LogP) is 16.7. The summed E-state index contributed by atoms with van der Waals surface area (Å²) >= 11 is 0. The van der Waals surface area contributed by atoms with Crippen molar-refractivity contribution in [3.63, 3.8) is 0 Å². The van der Waals surface area contributed by atoms with Crippen LogP contribution < -0.4 is 0 Å². The summed E-state index contributed by atoms with van der Waals surface area (Å²) in [4.78, 5) is 15.0. The molecule has 11 rings (SSSR count). The van der Waals surface area contributed by atoms with Gasteiger partial charge in [0.15, 0.2) is 0 Å². The van der Waals surface area contributed by atoms with Crippen LogP contribution in [0, 0.1) is 32.0 Å². The average molecular weight is 1090 g/mol. The minimum absolute atomic E-state index is 0. The molecule has 0 N–H and O–H groups in total. The van der Waals surface area contributed by atoms with Crippen molar-refractivity contribution in [2.75, 3.05) is 0 Å². The maximum atomic E-state index is 5.05. The van der Waals surface area contributed by atoms with E-state index in [2.05, 4.69) is 196 Å². The Balaban J connectivity index is 0.00000582. The molecule has 0 bridgehead atoms. The molecule has 0 aliphatic rings. The number of hydrogen-bond acceptors (Lipinski definition) is 3. The molecule has 4 heteroatoms. The molecule has 0 fully saturated rings. The summed E-state index contributed by atoms with van der Waals surface area (Å²) in [6, 6.07) is 84.9. The van der Waals surface area contributed by atoms with Gasteiger partial charge in [-0.3, -0.25) is 0 Å². The van der Waals surface area contributed by atoms with Gasteiger partial charge in [0, 0.05) is 29.7 Å². The summed E-state index contributed by atoms with van der Waals surface area (Å²) < 4.78 is 0. The van der Waals surface area contributed by atoms with Gasteiger partial charge in [0.05, 0.1) is 0 Å². The second-order valence-corrected chi connectivity index (χ2v) is 17.8. The Labute approximate surface area is 431 Å². The number of benzene rings is 8. The Morgan fingerprint density at radius 2 is 0.746 bits per heavy atom. The summed E-state index contributed by atoms with van der Waals surface area (Å²) in [5.74, 6) is 0. The second kappa shape index (κ2) is 21.2. The molecule has 71 heavy (non-hydrogen) atoms. The van der Waals surface area contributed by atoms with E-state index in [0.29, 0.717) is 0 Å². The maximum absolute atomic E-state index is 5.05. The molecule has 0 atom stereocenters. The van der Waals surface area contributed by atoms with Gasteiger partial charge in [0.1, 0.15) is 0 Å². The Kier molecular flexibility index (Phi) is 13.9. The molecule has 0 unspecified atom stereocenters. The van der Waals surface area contributed by atoms with Crippen LogP contribution in [0.25, 0.3) is 101 Å². The Hall–Kier alpha value is -8.14. The van der Waals surface area contributed by atoms with Crippen molar-refractivity contribution in [2.24, 2.45) is 0 Å². The van der Waals surface area contributed by atoms with Crippen LogP contribution in [-0.2, 0) is 32.9 Å². The molecule has 3 nitrogen and oxygen atoms in total. The van der Waals surface area contributed by atoms with Gasteiger partial charge in [-0.2, -0.15) is 0 Å². The number of pyridine rings is 3. The molecule has 0 amide bonds. The third-order valence-electron chi connectivity index (χ3n) is 13.2. The van der Waals surface area contributed by atoms with E-state index in [1.165, 1.54) is 27.8 Å². The van der Waals surface area contributed by atoms with Gasteiger partial charge in [0.25, 0.3) is 0 Å². The van der Waals surface area contributed by atoms with Crippen LogP contribution in [0.4, 0.5) is 0 Å². The van der Waals surface area contributed by atoms with Gasteiger partial charge >= 0.3 is 20.1 Å². The first-order valence-electron chi connectivity index (χ1n) is 23.9. The third kappa shape index (κ3) is 10.1. The van der Waals surface area contributed by atoms with Gasteiger partial charge in [-0.25, -0.2) is 0 Å². The van der Waals surface area contributed by atoms with Gasteiger partial charge in [0.2, 0.25) is 0 Å². The summed E-state index contributed by atoms with van der Waals surface area (Å²) in [5.41, 5.74) is 24.2. The van der Waals surface area contributed by atoms with Crippen LogP contribution in [0.15, 0.2) is 231 Å². The van der Waals surface area contributed by atoms with Gasteiger partial charge in [-0.1, -0.05) is 133 Å². The van der Waals surface area contributed by atoms with E-state index >= 15 is 0 Å². The predicted molar refractivity (Wildman–Crippen MR) is 289 cm³/mol. The summed E-state index contributed by atoms with van der Waals surface area (Å²) in [6.45, 7) is 4.36. The molecule has 11 aromatic rings. The van der Waals surface area contributed by atoms with Crippen molar-refractivity contribution in [1.82, 2.24) is 15.0 Å². The summed E-state index contributed by atoms with van der Waals surface area (Å²) in [5, 5.41) is 0. The number of aromatic nitrogens is 3. The van der Waals surface area contributed by atoms with Gasteiger partial charge in [-0.15, -0.1) is 108 Å². The summed E-state index contributed by atoms with van der Waals surface area (Å²) in [6.07, 6.45) is 7.70. The summed E-state index contributed by atoms with van der Waals surface area (Å²) in [7, 11) is 0. The Morgan fingerprint density at radius 1 is 0.324 bits per heavy atom. The van der Waals surface area contributed by atoms with Crippen LogP contribution in [0.1, 0.15) is 22.3 Å². The Bertz CT molecular complexity index is 3440. The zero-order valence-corrected chi connectivity index (χ0v) is 41.9. The molecular formula is C67H48IrN3. The number of aryl methyl sites for hydroxylation is 4. The minimum atomic E-state index is 0. The molecule has 340 valence electrons. The van der Waals surface area contributed by atoms with Crippen LogP contribution >= 0.6 is 0 Å². The van der Waals surface area contributed by atoms with Crippen molar-refractivity contribution in [3.05, 3.63) is 271 Å². The normalized spacial score (nSPS) is 11.0. The second-order valence-electron chi connectivity index (χ2n) is 17.8. The minimum Gasteiger partial charge on any atom is -0.304 e. The Morgan fingerprint density at radius 3 is 1.23 bits per heavy atom. The first kappa shape index (κ1) is 46.6. The number of hydrogen-bond donors (Lipinski definition) is 0. The van der Waals surface area contributed by atoms with Crippen molar-refractivity contribution >= 4 is 0 Å². The van der Waals surface area contributed by atoms with Crippen LogP contribution in [0.3, 0.4) is 0 Å². The van der Waals surface area contributed by atoms with Crippen LogP contribution in [0.5, 0.6) is 0 Å². The fraction of sp³-hybridized carbons (Fsp3) is 0.0597. The third-order valence-corrected chi connectivity index (χ3v) is 13.2. The molecule has 0 aliphatic heterocycles. The molecule has 0 spiro atoms. The standard InChI is InChI=1S/C67H48N3.Ir/c1-46-37-65(52-21-9-4-10-22-52)69-44-63(46)60-29-17-15-27-58(60)56-39-48(40-57(41-56)59-28-16-18-30-61(59)64-45-70-66(38-47(64)2)53-23-11-5-12-24-53)31-32-55-43-68-67(54-25-13-6-14-26-54)42-62(55)51-35-33-50(34-36-51)49-19-7-3-8-20-49;/h3-21,23,25,27-30,33-45H,31-32H2,1-2H3;/q-3;+3. The molecule has 0 saturated carbocycles. The molecule has 0 saturated heterocycles. The zero-order chi connectivity index (χ0) is 47.2. The van der Waals surface area contributed by atoms with Crippen LogP contribution in [0.2, 0.25) is 0 Å². The first-order valence-corrected chi connectivity index (χ1v) is 23.9. The van der Waals surface area contributed by atoms with Crippen molar-refractivity contribution in [3.8, 4) is 101 Å². The number of nitrogens with zero attached hydrogens (tertiary/aromatic N) is 3. The first-order chi connectivity index (χ1) is 34.5. The molecular weight excluding hydrogens is 1040 g/mol. The van der Waals surface area contributed by atoms with E-state index in [0.717, 1.165) is 108 Å². The molecule has 3 aromatic heterocycles. The quantitative estimate of drug-likeness (QED) is 0.114. The average Bonchev–Trinajstić information content (AvgIpc) is 3.43. The maximum Gasteiger partial charge on any atom is 3.00 e. The number of rotatable bonds is 12. The van der Waals surface area contributed by atoms with E-state index in [9.17, 15) is 0 Å².